The maximum Gasteiger partial charge on any atom is 0.498 e. The monoisotopic (exact) mass is 442 g/mol. The summed E-state index contributed by atoms with van der Waals surface area (Å²) in [6, 6.07) is 0. The molecule has 0 atom stereocenters. The lowest BCUT2D eigenvalue weighted by molar-refractivity contribution is 0.222. The van der Waals surface area contributed by atoms with Crippen LogP contribution in [0.5, 0.6) is 0 Å². The van der Waals surface area contributed by atoms with E-state index in [1.54, 1.807) is 0 Å². The molecule has 154 valence electrons. The highest BCUT2D eigenvalue weighted by atomic mass is 33.5. The van der Waals surface area contributed by atoms with E-state index in [4.69, 9.17) is 12.5 Å². The molecule has 0 aromatic rings. The minimum Gasteiger partial charge on any atom is -0.286 e. The van der Waals surface area contributed by atoms with Gasteiger partial charge in [-0.3, -0.25) is 4.52 Å². The van der Waals surface area contributed by atoms with Gasteiger partial charge in [-0.25, -0.2) is 12.5 Å². The molecule has 0 aromatic carbocycles. The molecule has 1 saturated heterocycles. The standard InChI is InChI=1S/C18H35O4PS3/c1-2-3-4-5-6-7-8-9-10-11-12-13-14-15-16-17-18-20-23(19)21-24-26-25-22-23/h9-10H,2-8,11-18H2,1H3. The summed E-state index contributed by atoms with van der Waals surface area (Å²) in [6.07, 6.45) is 22.5. The fraction of sp³-hybridized carbons (Fsp3) is 0.889. The van der Waals surface area contributed by atoms with Gasteiger partial charge < -0.3 is 0 Å². The summed E-state index contributed by atoms with van der Waals surface area (Å²) < 4.78 is 27.0. The van der Waals surface area contributed by atoms with Crippen molar-refractivity contribution in [2.75, 3.05) is 6.61 Å². The van der Waals surface area contributed by atoms with E-state index < -0.39 is 7.82 Å². The lowest BCUT2D eigenvalue weighted by Crippen LogP contribution is -1.96. The van der Waals surface area contributed by atoms with Crippen molar-refractivity contribution in [2.45, 2.75) is 96.8 Å². The third-order valence-electron chi connectivity index (χ3n) is 4.20. The van der Waals surface area contributed by atoms with Gasteiger partial charge in [0.2, 0.25) is 0 Å². The SMILES string of the molecule is CCCCCCCCC=CCCCCCCCCOP1(=O)OSSSO1. The molecule has 8 heteroatoms. The Morgan fingerprint density at radius 2 is 1.27 bits per heavy atom. The van der Waals surface area contributed by atoms with Crippen LogP contribution in [0.15, 0.2) is 12.2 Å². The summed E-state index contributed by atoms with van der Waals surface area (Å²) in [5, 5.41) is 0. The van der Waals surface area contributed by atoms with Gasteiger partial charge in [0.1, 0.15) is 0 Å². The van der Waals surface area contributed by atoms with Crippen molar-refractivity contribution in [1.29, 1.82) is 0 Å². The third kappa shape index (κ3) is 14.9. The molecular weight excluding hydrogens is 407 g/mol. The maximum atomic E-state index is 11.9. The molecule has 0 saturated carbocycles. The molecule has 0 N–H and O–H groups in total. The summed E-state index contributed by atoms with van der Waals surface area (Å²) in [7, 11) is -2.01. The van der Waals surface area contributed by atoms with Crippen LogP contribution in [0, 0.1) is 0 Å². The zero-order valence-electron chi connectivity index (χ0n) is 16.1. The highest BCUT2D eigenvalue weighted by Gasteiger charge is 2.32. The topological polar surface area (TPSA) is 44.8 Å². The van der Waals surface area contributed by atoms with E-state index in [0.29, 0.717) is 6.61 Å². The molecule has 1 rings (SSSR count). The molecule has 1 aliphatic heterocycles. The predicted octanol–water partition coefficient (Wildman–Crippen LogP) is 9.05. The van der Waals surface area contributed by atoms with Gasteiger partial charge in [0.25, 0.3) is 0 Å². The number of unbranched alkanes of at least 4 members (excludes halogenated alkanes) is 12. The molecule has 1 aliphatic rings. The fourth-order valence-electron chi connectivity index (χ4n) is 2.69. The van der Waals surface area contributed by atoms with Crippen LogP contribution in [0.4, 0.5) is 0 Å². The molecule has 26 heavy (non-hydrogen) atoms. The Labute approximate surface area is 172 Å². The van der Waals surface area contributed by atoms with Gasteiger partial charge in [-0.1, -0.05) is 76.9 Å². The number of phosphoric acid groups is 1. The highest BCUT2D eigenvalue weighted by Crippen LogP contribution is 2.65. The summed E-state index contributed by atoms with van der Waals surface area (Å²) in [5.41, 5.74) is 0. The minimum atomic E-state index is -3.31. The average molecular weight is 443 g/mol. The van der Waals surface area contributed by atoms with E-state index in [9.17, 15) is 4.57 Å². The van der Waals surface area contributed by atoms with Gasteiger partial charge in [-0.05, 0) is 32.1 Å². The Morgan fingerprint density at radius 1 is 0.769 bits per heavy atom. The number of hydrogen-bond acceptors (Lipinski definition) is 7. The highest BCUT2D eigenvalue weighted by molar-refractivity contribution is 9.08. The van der Waals surface area contributed by atoms with Crippen LogP contribution >= 0.6 is 39.8 Å². The second-order valence-electron chi connectivity index (χ2n) is 6.57. The van der Waals surface area contributed by atoms with Crippen molar-refractivity contribution >= 4 is 39.8 Å². The van der Waals surface area contributed by atoms with Crippen molar-refractivity contribution in [1.82, 2.24) is 0 Å². The van der Waals surface area contributed by atoms with Crippen molar-refractivity contribution in [3.63, 3.8) is 0 Å². The summed E-state index contributed by atoms with van der Waals surface area (Å²) in [4.78, 5) is 0. The van der Waals surface area contributed by atoms with E-state index in [2.05, 4.69) is 19.1 Å². The van der Waals surface area contributed by atoms with Crippen molar-refractivity contribution < 1.29 is 17.0 Å². The van der Waals surface area contributed by atoms with E-state index in [-0.39, 0.29) is 0 Å². The third-order valence-corrected chi connectivity index (χ3v) is 9.19. The van der Waals surface area contributed by atoms with Crippen LogP contribution in [-0.4, -0.2) is 6.61 Å². The van der Waals surface area contributed by atoms with Gasteiger partial charge in [0.15, 0.2) is 0 Å². The van der Waals surface area contributed by atoms with Gasteiger partial charge >= 0.3 is 7.82 Å². The molecule has 1 fully saturated rings. The molecule has 1 heterocycles. The quantitative estimate of drug-likeness (QED) is 0.0731. The van der Waals surface area contributed by atoms with E-state index in [1.165, 1.54) is 86.9 Å². The van der Waals surface area contributed by atoms with E-state index in [1.807, 2.05) is 0 Å². The normalized spacial score (nSPS) is 17.1. The summed E-state index contributed by atoms with van der Waals surface area (Å²) in [6.45, 7) is 2.70. The fourth-order valence-corrected chi connectivity index (χ4v) is 7.93. The number of hydrogen-bond donors (Lipinski definition) is 0. The Morgan fingerprint density at radius 3 is 1.85 bits per heavy atom. The molecule has 0 unspecified atom stereocenters. The lowest BCUT2D eigenvalue weighted by Gasteiger charge is -2.17. The van der Waals surface area contributed by atoms with Crippen LogP contribution in [0.1, 0.15) is 96.8 Å². The largest absolute Gasteiger partial charge is 0.498 e. The second kappa shape index (κ2) is 18.0. The van der Waals surface area contributed by atoms with Crippen molar-refractivity contribution in [3.8, 4) is 0 Å². The molecule has 0 aliphatic carbocycles. The molecule has 0 spiro atoms. The summed E-state index contributed by atoms with van der Waals surface area (Å²) in [5.74, 6) is 0. The van der Waals surface area contributed by atoms with Crippen molar-refractivity contribution in [3.05, 3.63) is 12.2 Å². The van der Waals surface area contributed by atoms with Crippen LogP contribution in [-0.2, 0) is 17.0 Å². The average Bonchev–Trinajstić information content (AvgIpc) is 2.65. The van der Waals surface area contributed by atoms with Crippen LogP contribution in [0.3, 0.4) is 0 Å². The first kappa shape index (κ1) is 24.9. The molecule has 0 radical (unpaired) electrons. The van der Waals surface area contributed by atoms with Gasteiger partial charge in [-0.15, -0.1) is 0 Å². The predicted molar refractivity (Wildman–Crippen MR) is 118 cm³/mol. The minimum absolute atomic E-state index is 0.435. The zero-order valence-corrected chi connectivity index (χ0v) is 19.4. The van der Waals surface area contributed by atoms with Gasteiger partial charge in [0, 0.05) is 9.83 Å². The first-order chi connectivity index (χ1) is 12.8. The van der Waals surface area contributed by atoms with E-state index in [0.717, 1.165) is 35.0 Å². The Balaban J connectivity index is 1.76. The maximum absolute atomic E-state index is 11.9. The van der Waals surface area contributed by atoms with Crippen LogP contribution in [0.2, 0.25) is 0 Å². The van der Waals surface area contributed by atoms with E-state index >= 15 is 0 Å². The molecule has 0 aromatic heterocycles. The second-order valence-corrected chi connectivity index (χ2v) is 11.8. The first-order valence-electron chi connectivity index (χ1n) is 10.0. The first-order valence-corrected chi connectivity index (χ1v) is 14.8. The lowest BCUT2D eigenvalue weighted by atomic mass is 10.1. The summed E-state index contributed by atoms with van der Waals surface area (Å²) >= 11 is 2.10. The Hall–Kier alpha value is 0.900. The van der Waals surface area contributed by atoms with Crippen LogP contribution in [0.25, 0.3) is 0 Å². The van der Waals surface area contributed by atoms with Crippen molar-refractivity contribution in [2.24, 2.45) is 0 Å². The van der Waals surface area contributed by atoms with Gasteiger partial charge in [0.05, 0.1) is 28.8 Å². The van der Waals surface area contributed by atoms with Crippen LogP contribution < -0.4 is 0 Å². The molecular formula is C18H35O4PS3. The number of rotatable bonds is 17. The molecule has 0 amide bonds. The Bertz CT molecular complexity index is 387. The zero-order chi connectivity index (χ0) is 18.8. The van der Waals surface area contributed by atoms with Gasteiger partial charge in [-0.2, -0.15) is 0 Å². The molecule has 0 bridgehead atoms. The smallest absolute Gasteiger partial charge is 0.286 e. The number of allylic oxidation sites excluding steroid dienone is 2. The Kier molecular flexibility index (Phi) is 17.2. The molecule has 4 nitrogen and oxygen atoms in total.